The van der Waals surface area contributed by atoms with Gasteiger partial charge in [-0.05, 0) is 44.5 Å². The lowest BCUT2D eigenvalue weighted by Gasteiger charge is -2.06. The van der Waals surface area contributed by atoms with E-state index in [0.29, 0.717) is 11.5 Å². The molecule has 1 aromatic heterocycles. The van der Waals surface area contributed by atoms with Crippen LogP contribution in [0.1, 0.15) is 27.6 Å². The Morgan fingerprint density at radius 1 is 1.11 bits per heavy atom. The summed E-state index contributed by atoms with van der Waals surface area (Å²) in [6.07, 6.45) is 0. The van der Waals surface area contributed by atoms with E-state index in [-0.39, 0.29) is 5.91 Å². The first-order valence-electron chi connectivity index (χ1n) is 5.75. The number of benzene rings is 1. The Hall–Kier alpha value is -2.23. The number of anilines is 1. The Morgan fingerprint density at radius 3 is 2.56 bits per heavy atom. The molecular weight excluding hydrogens is 226 g/mol. The van der Waals surface area contributed by atoms with Crippen molar-refractivity contribution in [2.75, 3.05) is 5.32 Å². The second-order valence-electron chi connectivity index (χ2n) is 4.27. The summed E-state index contributed by atoms with van der Waals surface area (Å²) in [6, 6.07) is 9.33. The van der Waals surface area contributed by atoms with Gasteiger partial charge in [0.15, 0.2) is 0 Å². The second-order valence-corrected chi connectivity index (χ2v) is 4.27. The van der Waals surface area contributed by atoms with Gasteiger partial charge in [-0.1, -0.05) is 12.1 Å². The number of aryl methyl sites for hydroxylation is 3. The minimum atomic E-state index is -0.214. The van der Waals surface area contributed by atoms with Crippen LogP contribution in [-0.4, -0.2) is 15.9 Å². The van der Waals surface area contributed by atoms with Gasteiger partial charge in [0.2, 0.25) is 0 Å². The van der Waals surface area contributed by atoms with E-state index in [2.05, 4.69) is 15.3 Å². The van der Waals surface area contributed by atoms with E-state index in [1.54, 1.807) is 13.0 Å². The van der Waals surface area contributed by atoms with Crippen molar-refractivity contribution in [1.29, 1.82) is 0 Å². The van der Waals surface area contributed by atoms with Gasteiger partial charge in [0.25, 0.3) is 5.91 Å². The number of aromatic nitrogens is 2. The summed E-state index contributed by atoms with van der Waals surface area (Å²) < 4.78 is 0. The van der Waals surface area contributed by atoms with Crippen LogP contribution in [0, 0.1) is 20.8 Å². The third-order valence-electron chi connectivity index (χ3n) is 2.47. The fraction of sp³-hybridized carbons (Fsp3) is 0.214. The molecule has 0 spiro atoms. The fourth-order valence-electron chi connectivity index (χ4n) is 1.75. The monoisotopic (exact) mass is 241 g/mol. The van der Waals surface area contributed by atoms with Crippen molar-refractivity contribution >= 4 is 11.6 Å². The zero-order valence-electron chi connectivity index (χ0n) is 10.7. The van der Waals surface area contributed by atoms with Crippen LogP contribution in [0.25, 0.3) is 0 Å². The number of nitrogens with one attached hydrogen (secondary N) is 1. The number of carbonyl (C=O) groups excluding carboxylic acids is 1. The van der Waals surface area contributed by atoms with Crippen molar-refractivity contribution < 1.29 is 4.79 Å². The molecule has 0 bridgehead atoms. The van der Waals surface area contributed by atoms with Crippen molar-refractivity contribution in [3.63, 3.8) is 0 Å². The minimum absolute atomic E-state index is 0.214. The molecule has 1 heterocycles. The van der Waals surface area contributed by atoms with E-state index >= 15 is 0 Å². The number of nitrogens with zero attached hydrogens (tertiary/aromatic N) is 2. The van der Waals surface area contributed by atoms with Gasteiger partial charge in [-0.2, -0.15) is 0 Å². The van der Waals surface area contributed by atoms with E-state index in [9.17, 15) is 4.79 Å². The van der Waals surface area contributed by atoms with Crippen LogP contribution in [0.5, 0.6) is 0 Å². The summed E-state index contributed by atoms with van der Waals surface area (Å²) in [5.74, 6) is 0.388. The van der Waals surface area contributed by atoms with Gasteiger partial charge in [0, 0.05) is 11.4 Å². The number of carbonyl (C=O) groups is 1. The first-order valence-corrected chi connectivity index (χ1v) is 5.75. The van der Waals surface area contributed by atoms with Gasteiger partial charge in [-0.25, -0.2) is 9.97 Å². The smallest absolute Gasteiger partial charge is 0.274 e. The number of amides is 1. The Morgan fingerprint density at radius 2 is 1.89 bits per heavy atom. The number of hydrogen-bond acceptors (Lipinski definition) is 3. The molecule has 1 aromatic carbocycles. The molecule has 0 fully saturated rings. The summed E-state index contributed by atoms with van der Waals surface area (Å²) in [5, 5.41) is 2.82. The van der Waals surface area contributed by atoms with Crippen LogP contribution in [0.3, 0.4) is 0 Å². The molecule has 0 aliphatic heterocycles. The highest BCUT2D eigenvalue weighted by molar-refractivity contribution is 6.02. The Bertz CT molecular complexity index is 573. The van der Waals surface area contributed by atoms with Crippen LogP contribution in [0.2, 0.25) is 0 Å². The molecule has 0 unspecified atom stereocenters. The largest absolute Gasteiger partial charge is 0.321 e. The zero-order chi connectivity index (χ0) is 13.1. The van der Waals surface area contributed by atoms with Gasteiger partial charge in [-0.15, -0.1) is 0 Å². The van der Waals surface area contributed by atoms with Gasteiger partial charge in [-0.3, -0.25) is 4.79 Å². The first kappa shape index (κ1) is 12.2. The standard InChI is InChI=1S/C14H15N3O/c1-9-5-4-6-12(7-9)17-14(18)13-8-10(2)15-11(3)16-13/h4-8H,1-3H3,(H,17,18). The second kappa shape index (κ2) is 4.96. The molecular formula is C14H15N3O. The lowest BCUT2D eigenvalue weighted by molar-refractivity contribution is 0.102. The van der Waals surface area contributed by atoms with Crippen LogP contribution >= 0.6 is 0 Å². The van der Waals surface area contributed by atoms with Crippen LogP contribution in [0.15, 0.2) is 30.3 Å². The maximum Gasteiger partial charge on any atom is 0.274 e. The highest BCUT2D eigenvalue weighted by Gasteiger charge is 2.09. The highest BCUT2D eigenvalue weighted by atomic mass is 16.1. The van der Waals surface area contributed by atoms with Crippen molar-refractivity contribution in [2.24, 2.45) is 0 Å². The quantitative estimate of drug-likeness (QED) is 0.879. The van der Waals surface area contributed by atoms with Gasteiger partial charge < -0.3 is 5.32 Å². The molecule has 0 atom stereocenters. The molecule has 1 N–H and O–H groups in total. The third-order valence-corrected chi connectivity index (χ3v) is 2.47. The summed E-state index contributed by atoms with van der Waals surface area (Å²) in [5.41, 5.74) is 3.05. The molecule has 0 aliphatic carbocycles. The van der Waals surface area contributed by atoms with E-state index in [1.165, 1.54) is 0 Å². The summed E-state index contributed by atoms with van der Waals surface area (Å²) in [4.78, 5) is 20.3. The Labute approximate surface area is 106 Å². The molecule has 0 saturated heterocycles. The molecule has 2 rings (SSSR count). The van der Waals surface area contributed by atoms with E-state index in [1.807, 2.05) is 38.1 Å². The lowest BCUT2D eigenvalue weighted by atomic mass is 10.2. The lowest BCUT2D eigenvalue weighted by Crippen LogP contribution is -2.15. The number of hydrogen-bond donors (Lipinski definition) is 1. The highest BCUT2D eigenvalue weighted by Crippen LogP contribution is 2.11. The predicted octanol–water partition coefficient (Wildman–Crippen LogP) is 2.65. The van der Waals surface area contributed by atoms with Crippen molar-refractivity contribution in [2.45, 2.75) is 20.8 Å². The van der Waals surface area contributed by atoms with E-state index < -0.39 is 0 Å². The Balaban J connectivity index is 2.22. The van der Waals surface area contributed by atoms with Crippen LogP contribution < -0.4 is 5.32 Å². The summed E-state index contributed by atoms with van der Waals surface area (Å²) >= 11 is 0. The normalized spacial score (nSPS) is 10.2. The summed E-state index contributed by atoms with van der Waals surface area (Å²) in [6.45, 7) is 5.60. The molecule has 0 radical (unpaired) electrons. The van der Waals surface area contributed by atoms with Crippen molar-refractivity contribution in [3.8, 4) is 0 Å². The average Bonchev–Trinajstić information content (AvgIpc) is 2.27. The number of rotatable bonds is 2. The maximum absolute atomic E-state index is 12.0. The van der Waals surface area contributed by atoms with Crippen LogP contribution in [0.4, 0.5) is 5.69 Å². The molecule has 18 heavy (non-hydrogen) atoms. The third kappa shape index (κ3) is 2.91. The van der Waals surface area contributed by atoms with E-state index in [4.69, 9.17) is 0 Å². The van der Waals surface area contributed by atoms with Gasteiger partial charge >= 0.3 is 0 Å². The van der Waals surface area contributed by atoms with Crippen LogP contribution in [-0.2, 0) is 0 Å². The maximum atomic E-state index is 12.0. The first-order chi connectivity index (χ1) is 8.54. The SMILES string of the molecule is Cc1cccc(NC(=O)c2cc(C)nc(C)n2)c1. The topological polar surface area (TPSA) is 54.9 Å². The van der Waals surface area contributed by atoms with E-state index in [0.717, 1.165) is 16.9 Å². The molecule has 4 heteroatoms. The fourth-order valence-corrected chi connectivity index (χ4v) is 1.75. The zero-order valence-corrected chi connectivity index (χ0v) is 10.7. The molecule has 4 nitrogen and oxygen atoms in total. The predicted molar refractivity (Wildman–Crippen MR) is 70.6 cm³/mol. The van der Waals surface area contributed by atoms with Gasteiger partial charge in [0.1, 0.15) is 11.5 Å². The molecule has 0 aliphatic rings. The molecule has 92 valence electrons. The average molecular weight is 241 g/mol. The molecule has 2 aromatic rings. The molecule has 1 amide bonds. The minimum Gasteiger partial charge on any atom is -0.321 e. The summed E-state index contributed by atoms with van der Waals surface area (Å²) in [7, 11) is 0. The van der Waals surface area contributed by atoms with Gasteiger partial charge in [0.05, 0.1) is 0 Å². The molecule has 0 saturated carbocycles. The Kier molecular flexibility index (Phi) is 3.37. The van der Waals surface area contributed by atoms with Crippen molar-refractivity contribution in [3.05, 3.63) is 53.1 Å². The van der Waals surface area contributed by atoms with Crippen molar-refractivity contribution in [1.82, 2.24) is 9.97 Å².